The maximum Gasteiger partial charge on any atom is 0.221 e. The van der Waals surface area contributed by atoms with E-state index in [1.54, 1.807) is 11.3 Å². The summed E-state index contributed by atoms with van der Waals surface area (Å²) in [6, 6.07) is 8.27. The largest absolute Gasteiger partial charge is 0.361 e. The molecule has 2 rings (SSSR count). The van der Waals surface area contributed by atoms with Crippen LogP contribution < -0.4 is 10.6 Å². The van der Waals surface area contributed by atoms with Gasteiger partial charge in [-0.25, -0.2) is 4.98 Å². The van der Waals surface area contributed by atoms with Gasteiger partial charge in [0, 0.05) is 19.0 Å². The number of amides is 1. The van der Waals surface area contributed by atoms with E-state index < -0.39 is 0 Å². The van der Waals surface area contributed by atoms with Gasteiger partial charge in [-0.3, -0.25) is 4.79 Å². The SMILES string of the molecule is CCC(C)NC(=O)CCNc1nc2ccccc2s1. The van der Waals surface area contributed by atoms with Crippen molar-refractivity contribution in [3.05, 3.63) is 24.3 Å². The minimum absolute atomic E-state index is 0.0861. The predicted octanol–water partition coefficient (Wildman–Crippen LogP) is 3.01. The normalized spacial score (nSPS) is 12.3. The second kappa shape index (κ2) is 6.52. The lowest BCUT2D eigenvalue weighted by Crippen LogP contribution is -2.32. The van der Waals surface area contributed by atoms with E-state index >= 15 is 0 Å². The number of hydrogen-bond acceptors (Lipinski definition) is 4. The first-order valence-corrected chi connectivity index (χ1v) is 7.39. The number of para-hydroxylation sites is 1. The lowest BCUT2D eigenvalue weighted by atomic mass is 10.2. The third-order valence-corrected chi connectivity index (χ3v) is 3.94. The fraction of sp³-hybridized carbons (Fsp3) is 0.429. The van der Waals surface area contributed by atoms with E-state index in [0.717, 1.165) is 21.8 Å². The molecule has 1 aromatic heterocycles. The van der Waals surface area contributed by atoms with Crippen molar-refractivity contribution in [2.75, 3.05) is 11.9 Å². The van der Waals surface area contributed by atoms with Crippen LogP contribution in [0.25, 0.3) is 10.2 Å². The highest BCUT2D eigenvalue weighted by Crippen LogP contribution is 2.25. The molecular formula is C14H19N3OS. The number of aromatic nitrogens is 1. The van der Waals surface area contributed by atoms with E-state index in [9.17, 15) is 4.79 Å². The van der Waals surface area contributed by atoms with Gasteiger partial charge in [0.1, 0.15) is 0 Å². The molecule has 4 nitrogen and oxygen atoms in total. The summed E-state index contributed by atoms with van der Waals surface area (Å²) < 4.78 is 1.16. The molecule has 0 saturated carbocycles. The molecule has 0 radical (unpaired) electrons. The van der Waals surface area contributed by atoms with Gasteiger partial charge >= 0.3 is 0 Å². The van der Waals surface area contributed by atoms with Gasteiger partial charge < -0.3 is 10.6 Å². The molecular weight excluding hydrogens is 258 g/mol. The van der Waals surface area contributed by atoms with Crippen LogP contribution in [-0.4, -0.2) is 23.5 Å². The molecule has 2 aromatic rings. The molecule has 0 saturated heterocycles. The topological polar surface area (TPSA) is 54.0 Å². The Kier molecular flexibility index (Phi) is 4.74. The smallest absolute Gasteiger partial charge is 0.221 e. The number of carbonyl (C=O) groups excluding carboxylic acids is 1. The van der Waals surface area contributed by atoms with Gasteiger partial charge in [-0.05, 0) is 25.5 Å². The minimum Gasteiger partial charge on any atom is -0.361 e. The van der Waals surface area contributed by atoms with Crippen molar-refractivity contribution in [2.45, 2.75) is 32.7 Å². The van der Waals surface area contributed by atoms with Gasteiger partial charge in [-0.15, -0.1) is 0 Å². The molecule has 1 unspecified atom stereocenters. The van der Waals surface area contributed by atoms with Crippen LogP contribution in [0.1, 0.15) is 26.7 Å². The number of hydrogen-bond donors (Lipinski definition) is 2. The molecule has 0 aliphatic heterocycles. The molecule has 5 heteroatoms. The van der Waals surface area contributed by atoms with Crippen molar-refractivity contribution in [2.24, 2.45) is 0 Å². The van der Waals surface area contributed by atoms with Gasteiger partial charge in [-0.1, -0.05) is 30.4 Å². The molecule has 0 aliphatic carbocycles. The summed E-state index contributed by atoms with van der Waals surface area (Å²) in [5.74, 6) is 0.0861. The zero-order valence-corrected chi connectivity index (χ0v) is 12.1. The Morgan fingerprint density at radius 3 is 2.95 bits per heavy atom. The molecule has 0 fully saturated rings. The summed E-state index contributed by atoms with van der Waals surface area (Å²) in [4.78, 5) is 16.1. The van der Waals surface area contributed by atoms with Crippen LogP contribution >= 0.6 is 11.3 Å². The molecule has 1 atom stereocenters. The van der Waals surface area contributed by atoms with Crippen LogP contribution in [0.15, 0.2) is 24.3 Å². The number of thiazole rings is 1. The Balaban J connectivity index is 1.81. The van der Waals surface area contributed by atoms with Crippen molar-refractivity contribution in [3.63, 3.8) is 0 Å². The molecule has 1 heterocycles. The van der Waals surface area contributed by atoms with Crippen LogP contribution in [0, 0.1) is 0 Å². The third kappa shape index (κ3) is 3.92. The second-order valence-electron chi connectivity index (χ2n) is 4.54. The summed E-state index contributed by atoms with van der Waals surface area (Å²) in [5, 5.41) is 7.02. The first-order valence-electron chi connectivity index (χ1n) is 6.58. The summed E-state index contributed by atoms with van der Waals surface area (Å²) in [5.41, 5.74) is 0.999. The molecule has 102 valence electrons. The zero-order chi connectivity index (χ0) is 13.7. The van der Waals surface area contributed by atoms with Crippen molar-refractivity contribution in [1.29, 1.82) is 0 Å². The Hall–Kier alpha value is -1.62. The number of fused-ring (bicyclic) bond motifs is 1. The van der Waals surface area contributed by atoms with Crippen LogP contribution in [0.5, 0.6) is 0 Å². The monoisotopic (exact) mass is 277 g/mol. The van der Waals surface area contributed by atoms with E-state index in [-0.39, 0.29) is 11.9 Å². The first-order chi connectivity index (χ1) is 9.19. The maximum atomic E-state index is 11.6. The lowest BCUT2D eigenvalue weighted by Gasteiger charge is -2.11. The van der Waals surface area contributed by atoms with Gasteiger partial charge in [0.25, 0.3) is 0 Å². The van der Waals surface area contributed by atoms with Gasteiger partial charge in [-0.2, -0.15) is 0 Å². The van der Waals surface area contributed by atoms with E-state index in [0.29, 0.717) is 13.0 Å². The summed E-state index contributed by atoms with van der Waals surface area (Å²) in [6.07, 6.45) is 1.43. The molecule has 0 bridgehead atoms. The average Bonchev–Trinajstić information content (AvgIpc) is 2.81. The third-order valence-electron chi connectivity index (χ3n) is 2.94. The minimum atomic E-state index is 0.0861. The Morgan fingerprint density at radius 1 is 1.42 bits per heavy atom. The van der Waals surface area contributed by atoms with E-state index in [1.807, 2.05) is 31.2 Å². The average molecular weight is 277 g/mol. The van der Waals surface area contributed by atoms with E-state index in [4.69, 9.17) is 0 Å². The Labute approximate surface area is 117 Å². The first kappa shape index (κ1) is 13.8. The van der Waals surface area contributed by atoms with Crippen LogP contribution in [0.3, 0.4) is 0 Å². The van der Waals surface area contributed by atoms with E-state index in [2.05, 4.69) is 22.5 Å². The highest BCUT2D eigenvalue weighted by molar-refractivity contribution is 7.22. The van der Waals surface area contributed by atoms with Gasteiger partial charge in [0.15, 0.2) is 5.13 Å². The maximum absolute atomic E-state index is 11.6. The predicted molar refractivity (Wildman–Crippen MR) is 80.6 cm³/mol. The Morgan fingerprint density at radius 2 is 2.21 bits per heavy atom. The molecule has 2 N–H and O–H groups in total. The fourth-order valence-electron chi connectivity index (χ4n) is 1.68. The zero-order valence-electron chi connectivity index (χ0n) is 11.3. The van der Waals surface area contributed by atoms with E-state index in [1.165, 1.54) is 0 Å². The lowest BCUT2D eigenvalue weighted by molar-refractivity contribution is -0.121. The van der Waals surface area contributed by atoms with Crippen LogP contribution in [0.4, 0.5) is 5.13 Å². The summed E-state index contributed by atoms with van der Waals surface area (Å²) >= 11 is 1.61. The van der Waals surface area contributed by atoms with Crippen molar-refractivity contribution < 1.29 is 4.79 Å². The number of carbonyl (C=O) groups is 1. The number of nitrogens with one attached hydrogen (secondary N) is 2. The second-order valence-corrected chi connectivity index (χ2v) is 5.57. The standard InChI is InChI=1S/C14H19N3OS/c1-3-10(2)16-13(18)8-9-15-14-17-11-6-4-5-7-12(11)19-14/h4-7,10H,3,8-9H2,1-2H3,(H,15,17)(H,16,18). The summed E-state index contributed by atoms with van der Waals surface area (Å²) in [7, 11) is 0. The molecule has 0 aliphatic rings. The molecule has 19 heavy (non-hydrogen) atoms. The van der Waals surface area contributed by atoms with Crippen molar-refractivity contribution in [1.82, 2.24) is 10.3 Å². The quantitative estimate of drug-likeness (QED) is 0.853. The summed E-state index contributed by atoms with van der Waals surface area (Å²) in [6.45, 7) is 4.69. The van der Waals surface area contributed by atoms with Gasteiger partial charge in [0.2, 0.25) is 5.91 Å². The molecule has 0 spiro atoms. The van der Waals surface area contributed by atoms with Crippen molar-refractivity contribution >= 4 is 32.6 Å². The number of anilines is 1. The molecule has 1 aromatic carbocycles. The van der Waals surface area contributed by atoms with Crippen LogP contribution in [-0.2, 0) is 4.79 Å². The molecule has 1 amide bonds. The Bertz CT molecular complexity index is 519. The van der Waals surface area contributed by atoms with Crippen molar-refractivity contribution in [3.8, 4) is 0 Å². The van der Waals surface area contributed by atoms with Crippen LogP contribution in [0.2, 0.25) is 0 Å². The number of rotatable bonds is 6. The highest BCUT2D eigenvalue weighted by Gasteiger charge is 2.06. The van der Waals surface area contributed by atoms with Gasteiger partial charge in [0.05, 0.1) is 10.2 Å². The number of nitrogens with zero attached hydrogens (tertiary/aromatic N) is 1. The highest BCUT2D eigenvalue weighted by atomic mass is 32.1. The fourth-order valence-corrected chi connectivity index (χ4v) is 2.57. The number of benzene rings is 1.